The van der Waals surface area contributed by atoms with Crippen LogP contribution in [0.15, 0.2) is 36.7 Å². The Morgan fingerprint density at radius 2 is 1.89 bits per heavy atom. The van der Waals surface area contributed by atoms with E-state index in [9.17, 15) is 4.79 Å². The van der Waals surface area contributed by atoms with Crippen LogP contribution in [-0.2, 0) is 6.54 Å². The van der Waals surface area contributed by atoms with Crippen molar-refractivity contribution in [1.29, 1.82) is 0 Å². The molecule has 0 saturated heterocycles. The maximum atomic E-state index is 10.7. The Balaban J connectivity index is 2.02. The number of aromatic carboxylic acids is 1. The molecule has 2 rings (SSSR count). The van der Waals surface area contributed by atoms with Gasteiger partial charge in [-0.15, -0.1) is 0 Å². The first kappa shape index (κ1) is 12.0. The zero-order valence-corrected chi connectivity index (χ0v) is 9.92. The lowest BCUT2D eigenvalue weighted by molar-refractivity contribution is 0.0697. The lowest BCUT2D eigenvalue weighted by Gasteiger charge is -2.07. The second-order valence-electron chi connectivity index (χ2n) is 3.85. The van der Waals surface area contributed by atoms with Crippen LogP contribution in [0.4, 0.5) is 5.82 Å². The van der Waals surface area contributed by atoms with Crippen molar-refractivity contribution < 1.29 is 9.90 Å². The quantitative estimate of drug-likeness (QED) is 0.860. The summed E-state index contributed by atoms with van der Waals surface area (Å²) in [6.07, 6.45) is 3.27. The number of anilines is 1. The normalized spacial score (nSPS) is 10.1. The van der Waals surface area contributed by atoms with Gasteiger partial charge in [-0.05, 0) is 24.6 Å². The summed E-state index contributed by atoms with van der Waals surface area (Å²) in [5, 5.41) is 11.9. The molecule has 18 heavy (non-hydrogen) atoms. The number of nitrogens with zero attached hydrogens (tertiary/aromatic N) is 2. The topological polar surface area (TPSA) is 75.1 Å². The molecule has 0 spiro atoms. The Kier molecular flexibility index (Phi) is 3.52. The molecule has 5 nitrogen and oxygen atoms in total. The summed E-state index contributed by atoms with van der Waals surface area (Å²) < 4.78 is 0. The summed E-state index contributed by atoms with van der Waals surface area (Å²) in [7, 11) is 0. The molecule has 0 aliphatic carbocycles. The Hall–Kier alpha value is -2.43. The van der Waals surface area contributed by atoms with E-state index < -0.39 is 5.97 Å². The van der Waals surface area contributed by atoms with Crippen molar-refractivity contribution in [3.63, 3.8) is 0 Å². The second kappa shape index (κ2) is 5.27. The molecule has 2 aromatic rings. The van der Waals surface area contributed by atoms with E-state index in [1.54, 1.807) is 36.7 Å². The summed E-state index contributed by atoms with van der Waals surface area (Å²) >= 11 is 0. The van der Waals surface area contributed by atoms with Gasteiger partial charge in [-0.2, -0.15) is 0 Å². The average Bonchev–Trinajstić information content (AvgIpc) is 2.38. The van der Waals surface area contributed by atoms with E-state index in [0.717, 1.165) is 17.1 Å². The van der Waals surface area contributed by atoms with Gasteiger partial charge in [0.1, 0.15) is 5.82 Å². The number of rotatable bonds is 4. The van der Waals surface area contributed by atoms with Gasteiger partial charge in [0.15, 0.2) is 0 Å². The summed E-state index contributed by atoms with van der Waals surface area (Å²) in [6, 6.07) is 6.73. The highest BCUT2D eigenvalue weighted by Gasteiger charge is 2.02. The van der Waals surface area contributed by atoms with Gasteiger partial charge >= 0.3 is 5.97 Å². The number of hydrogen-bond donors (Lipinski definition) is 2. The van der Waals surface area contributed by atoms with Crippen molar-refractivity contribution >= 4 is 11.8 Å². The molecular formula is C13H13N3O2. The zero-order chi connectivity index (χ0) is 13.0. The lowest BCUT2D eigenvalue weighted by Crippen LogP contribution is -2.04. The molecule has 0 bridgehead atoms. The molecule has 1 aromatic heterocycles. The first-order valence-electron chi connectivity index (χ1n) is 5.50. The van der Waals surface area contributed by atoms with Gasteiger partial charge in [-0.3, -0.25) is 4.98 Å². The van der Waals surface area contributed by atoms with Crippen LogP contribution in [-0.4, -0.2) is 21.0 Å². The van der Waals surface area contributed by atoms with Crippen LogP contribution in [0.3, 0.4) is 0 Å². The molecule has 0 amide bonds. The molecule has 0 aliphatic rings. The minimum Gasteiger partial charge on any atom is -0.478 e. The SMILES string of the molecule is Cc1nccnc1NCc1ccc(C(=O)O)cc1. The summed E-state index contributed by atoms with van der Waals surface area (Å²) in [5.74, 6) is -0.181. The van der Waals surface area contributed by atoms with Gasteiger partial charge in [0.25, 0.3) is 0 Å². The van der Waals surface area contributed by atoms with Crippen molar-refractivity contribution in [3.8, 4) is 0 Å². The highest BCUT2D eigenvalue weighted by molar-refractivity contribution is 5.87. The molecule has 0 radical (unpaired) electrons. The van der Waals surface area contributed by atoms with Crippen molar-refractivity contribution in [1.82, 2.24) is 9.97 Å². The van der Waals surface area contributed by atoms with Gasteiger partial charge in [-0.25, -0.2) is 9.78 Å². The predicted molar refractivity (Wildman–Crippen MR) is 67.5 cm³/mol. The smallest absolute Gasteiger partial charge is 0.335 e. The number of hydrogen-bond acceptors (Lipinski definition) is 4. The van der Waals surface area contributed by atoms with Crippen LogP contribution >= 0.6 is 0 Å². The highest BCUT2D eigenvalue weighted by atomic mass is 16.4. The first-order chi connectivity index (χ1) is 8.66. The molecule has 1 aromatic carbocycles. The van der Waals surface area contributed by atoms with E-state index in [1.807, 2.05) is 6.92 Å². The molecule has 0 unspecified atom stereocenters. The van der Waals surface area contributed by atoms with Crippen molar-refractivity contribution in [3.05, 3.63) is 53.5 Å². The maximum absolute atomic E-state index is 10.7. The first-order valence-corrected chi connectivity index (χ1v) is 5.50. The average molecular weight is 243 g/mol. The molecule has 0 atom stereocenters. The van der Waals surface area contributed by atoms with E-state index in [1.165, 1.54) is 0 Å². The van der Waals surface area contributed by atoms with E-state index in [2.05, 4.69) is 15.3 Å². The maximum Gasteiger partial charge on any atom is 0.335 e. The zero-order valence-electron chi connectivity index (χ0n) is 9.92. The molecular weight excluding hydrogens is 230 g/mol. The van der Waals surface area contributed by atoms with Crippen LogP contribution in [0.2, 0.25) is 0 Å². The number of aryl methyl sites for hydroxylation is 1. The fourth-order valence-corrected chi connectivity index (χ4v) is 1.53. The monoisotopic (exact) mass is 243 g/mol. The van der Waals surface area contributed by atoms with Crippen LogP contribution in [0, 0.1) is 6.92 Å². The van der Waals surface area contributed by atoms with Gasteiger partial charge in [0, 0.05) is 18.9 Å². The lowest BCUT2D eigenvalue weighted by atomic mass is 10.1. The largest absolute Gasteiger partial charge is 0.478 e. The number of aromatic nitrogens is 2. The molecule has 0 aliphatic heterocycles. The highest BCUT2D eigenvalue weighted by Crippen LogP contribution is 2.10. The van der Waals surface area contributed by atoms with Crippen LogP contribution in [0.25, 0.3) is 0 Å². The Morgan fingerprint density at radius 3 is 2.50 bits per heavy atom. The third-order valence-electron chi connectivity index (χ3n) is 2.54. The standard InChI is InChI=1S/C13H13N3O2/c1-9-12(15-7-6-14-9)16-8-10-2-4-11(5-3-10)13(17)18/h2-7H,8H2,1H3,(H,15,16)(H,17,18). The molecule has 2 N–H and O–H groups in total. The summed E-state index contributed by atoms with van der Waals surface area (Å²) in [6.45, 7) is 2.46. The molecule has 5 heteroatoms. The van der Waals surface area contributed by atoms with Crippen molar-refractivity contribution in [2.45, 2.75) is 13.5 Å². The van der Waals surface area contributed by atoms with Crippen molar-refractivity contribution in [2.75, 3.05) is 5.32 Å². The van der Waals surface area contributed by atoms with E-state index in [-0.39, 0.29) is 5.56 Å². The van der Waals surface area contributed by atoms with Gasteiger partial charge in [-0.1, -0.05) is 12.1 Å². The molecule has 0 saturated carbocycles. The minimum atomic E-state index is -0.917. The fourth-order valence-electron chi connectivity index (χ4n) is 1.53. The third-order valence-corrected chi connectivity index (χ3v) is 2.54. The second-order valence-corrected chi connectivity index (χ2v) is 3.85. The number of carbonyl (C=O) groups is 1. The summed E-state index contributed by atoms with van der Waals surface area (Å²) in [4.78, 5) is 19.0. The third kappa shape index (κ3) is 2.82. The molecule has 1 heterocycles. The van der Waals surface area contributed by atoms with Gasteiger partial charge in [0.2, 0.25) is 0 Å². The minimum absolute atomic E-state index is 0.287. The number of benzene rings is 1. The number of carboxylic acids is 1. The van der Waals surface area contributed by atoms with Gasteiger partial charge in [0.05, 0.1) is 11.3 Å². The Bertz CT molecular complexity index is 552. The predicted octanol–water partition coefficient (Wildman–Crippen LogP) is 2.10. The Morgan fingerprint density at radius 1 is 1.22 bits per heavy atom. The van der Waals surface area contributed by atoms with Crippen LogP contribution < -0.4 is 5.32 Å². The van der Waals surface area contributed by atoms with E-state index >= 15 is 0 Å². The summed E-state index contributed by atoms with van der Waals surface area (Å²) in [5.41, 5.74) is 2.11. The van der Waals surface area contributed by atoms with Crippen molar-refractivity contribution in [2.24, 2.45) is 0 Å². The Labute approximate surface area is 105 Å². The van der Waals surface area contributed by atoms with Gasteiger partial charge < -0.3 is 10.4 Å². The molecule has 92 valence electrons. The van der Waals surface area contributed by atoms with E-state index in [4.69, 9.17) is 5.11 Å². The van der Waals surface area contributed by atoms with Crippen LogP contribution in [0.5, 0.6) is 0 Å². The fraction of sp³-hybridized carbons (Fsp3) is 0.154. The van der Waals surface area contributed by atoms with E-state index in [0.29, 0.717) is 6.54 Å². The molecule has 0 fully saturated rings. The van der Waals surface area contributed by atoms with Crippen LogP contribution in [0.1, 0.15) is 21.6 Å². The number of carboxylic acid groups (broad SMARTS) is 1. The number of nitrogens with one attached hydrogen (secondary N) is 1.